The Balaban J connectivity index is 2.90. The van der Waals surface area contributed by atoms with Crippen molar-refractivity contribution >= 4 is 11.9 Å². The Morgan fingerprint density at radius 1 is 1.22 bits per heavy atom. The summed E-state index contributed by atoms with van der Waals surface area (Å²) in [7, 11) is 0. The fourth-order valence-electron chi connectivity index (χ4n) is 3.11. The number of piperidine rings is 1. The number of hydrogen-bond acceptors (Lipinski definition) is 4. The highest BCUT2D eigenvalue weighted by Gasteiger charge is 2.46. The maximum absolute atomic E-state index is 11.1. The summed E-state index contributed by atoms with van der Waals surface area (Å²) >= 11 is 0. The molecular weight excluding hydrogens is 234 g/mol. The first-order valence-corrected chi connectivity index (χ1v) is 6.21. The molecule has 0 amide bonds. The van der Waals surface area contributed by atoms with E-state index in [0.29, 0.717) is 12.8 Å². The number of carbonyl (C=O) groups is 2. The predicted molar refractivity (Wildman–Crippen MR) is 67.3 cm³/mol. The second kappa shape index (κ2) is 4.88. The van der Waals surface area contributed by atoms with E-state index in [0.717, 1.165) is 0 Å². The second-order valence-electron chi connectivity index (χ2n) is 6.24. The monoisotopic (exact) mass is 257 g/mol. The minimum absolute atomic E-state index is 0.00674. The molecule has 1 N–H and O–H groups in total. The number of esters is 1. The Hall–Kier alpha value is -1.10. The summed E-state index contributed by atoms with van der Waals surface area (Å²) in [5, 5.41) is 9.01. The summed E-state index contributed by atoms with van der Waals surface area (Å²) in [6, 6.07) is 0. The summed E-state index contributed by atoms with van der Waals surface area (Å²) in [5.74, 6) is -1.11. The van der Waals surface area contributed by atoms with Crippen LogP contribution in [0.5, 0.6) is 0 Å². The normalized spacial score (nSPS) is 23.6. The van der Waals surface area contributed by atoms with Gasteiger partial charge in [-0.2, -0.15) is 0 Å². The zero-order valence-electron chi connectivity index (χ0n) is 11.8. The number of carboxylic acids is 1. The van der Waals surface area contributed by atoms with Gasteiger partial charge in [0.1, 0.15) is 6.10 Å². The Morgan fingerprint density at radius 3 is 2.00 bits per heavy atom. The maximum atomic E-state index is 11.1. The zero-order valence-corrected chi connectivity index (χ0v) is 11.8. The third kappa shape index (κ3) is 3.45. The maximum Gasteiger partial charge on any atom is 0.317 e. The fourth-order valence-corrected chi connectivity index (χ4v) is 3.11. The van der Waals surface area contributed by atoms with E-state index < -0.39 is 5.97 Å². The van der Waals surface area contributed by atoms with E-state index in [-0.39, 0.29) is 29.7 Å². The lowest BCUT2D eigenvalue weighted by Gasteiger charge is -2.54. The molecule has 0 aliphatic carbocycles. The van der Waals surface area contributed by atoms with Crippen LogP contribution in [0.4, 0.5) is 0 Å². The average Bonchev–Trinajstić information content (AvgIpc) is 2.08. The molecule has 0 aromatic heterocycles. The number of carboxylic acid groups (broad SMARTS) is 1. The van der Waals surface area contributed by atoms with E-state index in [1.807, 2.05) is 32.6 Å². The highest BCUT2D eigenvalue weighted by molar-refractivity contribution is 5.69. The quantitative estimate of drug-likeness (QED) is 0.779. The summed E-state index contributed by atoms with van der Waals surface area (Å²) in [6.45, 7) is 9.39. The van der Waals surface area contributed by atoms with Crippen molar-refractivity contribution in [1.29, 1.82) is 0 Å². The van der Waals surface area contributed by atoms with E-state index in [9.17, 15) is 9.59 Å². The van der Waals surface area contributed by atoms with Gasteiger partial charge < -0.3 is 9.84 Å². The average molecular weight is 257 g/mol. The minimum atomic E-state index is -0.831. The second-order valence-corrected chi connectivity index (χ2v) is 6.24. The van der Waals surface area contributed by atoms with Crippen molar-refractivity contribution in [3.05, 3.63) is 0 Å². The number of carbonyl (C=O) groups excluding carboxylic acids is 1. The molecule has 18 heavy (non-hydrogen) atoms. The number of nitrogens with zero attached hydrogens (tertiary/aromatic N) is 1. The van der Waals surface area contributed by atoms with Crippen LogP contribution < -0.4 is 0 Å². The van der Waals surface area contributed by atoms with Crippen LogP contribution in [0.25, 0.3) is 0 Å². The Labute approximate surface area is 108 Å². The zero-order chi connectivity index (χ0) is 14.1. The fraction of sp³-hybridized carbons (Fsp3) is 0.846. The summed E-state index contributed by atoms with van der Waals surface area (Å²) in [4.78, 5) is 24.0. The first kappa shape index (κ1) is 15.0. The van der Waals surface area contributed by atoms with Gasteiger partial charge >= 0.3 is 11.9 Å². The van der Waals surface area contributed by atoms with Gasteiger partial charge in [-0.15, -0.1) is 0 Å². The van der Waals surface area contributed by atoms with Gasteiger partial charge in [0.25, 0.3) is 0 Å². The molecule has 0 saturated carbocycles. The molecule has 104 valence electrons. The van der Waals surface area contributed by atoms with Crippen LogP contribution in [-0.2, 0) is 14.3 Å². The number of ether oxygens (including phenoxy) is 1. The molecule has 0 bridgehead atoms. The molecular formula is C13H23NO4. The molecule has 1 aliphatic rings. The molecule has 0 aromatic rings. The third-order valence-corrected chi connectivity index (χ3v) is 3.54. The van der Waals surface area contributed by atoms with E-state index in [1.165, 1.54) is 6.92 Å². The number of rotatable bonds is 3. The Bertz CT molecular complexity index is 331. The van der Waals surface area contributed by atoms with Crippen LogP contribution in [0.1, 0.15) is 47.5 Å². The molecule has 1 saturated heterocycles. The minimum Gasteiger partial charge on any atom is -0.480 e. The van der Waals surface area contributed by atoms with Gasteiger partial charge in [-0.25, -0.2) is 0 Å². The molecule has 0 spiro atoms. The highest BCUT2D eigenvalue weighted by Crippen LogP contribution is 2.39. The van der Waals surface area contributed by atoms with Crippen molar-refractivity contribution in [2.75, 3.05) is 6.54 Å². The lowest BCUT2D eigenvalue weighted by atomic mass is 9.78. The molecule has 0 aromatic carbocycles. The van der Waals surface area contributed by atoms with Crippen LogP contribution in [-0.4, -0.2) is 45.7 Å². The number of likely N-dealkylation sites (tertiary alicyclic amines) is 1. The van der Waals surface area contributed by atoms with Crippen molar-refractivity contribution in [2.45, 2.75) is 64.6 Å². The molecule has 1 heterocycles. The van der Waals surface area contributed by atoms with Crippen LogP contribution in [0.3, 0.4) is 0 Å². The van der Waals surface area contributed by atoms with Crippen LogP contribution >= 0.6 is 0 Å². The van der Waals surface area contributed by atoms with Crippen molar-refractivity contribution in [3.8, 4) is 0 Å². The molecule has 0 radical (unpaired) electrons. The van der Waals surface area contributed by atoms with Gasteiger partial charge in [-0.05, 0) is 27.7 Å². The van der Waals surface area contributed by atoms with Gasteiger partial charge in [-0.1, -0.05) is 0 Å². The van der Waals surface area contributed by atoms with Crippen molar-refractivity contribution in [1.82, 2.24) is 4.90 Å². The van der Waals surface area contributed by atoms with Crippen LogP contribution in [0, 0.1) is 0 Å². The van der Waals surface area contributed by atoms with Crippen LogP contribution in [0.15, 0.2) is 0 Å². The molecule has 1 fully saturated rings. The lowest BCUT2D eigenvalue weighted by molar-refractivity contribution is -0.163. The van der Waals surface area contributed by atoms with Gasteiger partial charge in [0.2, 0.25) is 0 Å². The lowest BCUT2D eigenvalue weighted by Crippen LogP contribution is -2.63. The first-order chi connectivity index (χ1) is 8.04. The largest absolute Gasteiger partial charge is 0.480 e. The molecule has 5 heteroatoms. The third-order valence-electron chi connectivity index (χ3n) is 3.54. The molecule has 0 unspecified atom stereocenters. The van der Waals surface area contributed by atoms with E-state index in [2.05, 4.69) is 0 Å². The van der Waals surface area contributed by atoms with E-state index in [4.69, 9.17) is 9.84 Å². The highest BCUT2D eigenvalue weighted by atomic mass is 16.5. The van der Waals surface area contributed by atoms with Crippen molar-refractivity contribution in [3.63, 3.8) is 0 Å². The standard InChI is InChI=1S/C13H23NO4/c1-9(15)18-10-6-12(2,3)14(8-11(16)17)13(4,5)7-10/h10H,6-8H2,1-5H3,(H,16,17). The summed E-state index contributed by atoms with van der Waals surface area (Å²) in [6.07, 6.45) is 1.17. The van der Waals surface area contributed by atoms with Gasteiger partial charge in [-0.3, -0.25) is 14.5 Å². The SMILES string of the molecule is CC(=O)OC1CC(C)(C)N(CC(=O)O)C(C)(C)C1. The molecule has 1 aliphatic heterocycles. The summed E-state index contributed by atoms with van der Waals surface area (Å²) < 4.78 is 5.30. The van der Waals surface area contributed by atoms with E-state index >= 15 is 0 Å². The Kier molecular flexibility index (Phi) is 4.05. The predicted octanol–water partition coefficient (Wildman–Crippen LogP) is 1.66. The van der Waals surface area contributed by atoms with Crippen molar-refractivity contribution in [2.24, 2.45) is 0 Å². The molecule has 0 atom stereocenters. The number of hydrogen-bond donors (Lipinski definition) is 1. The molecule has 5 nitrogen and oxygen atoms in total. The van der Waals surface area contributed by atoms with Gasteiger partial charge in [0.15, 0.2) is 0 Å². The van der Waals surface area contributed by atoms with Crippen LogP contribution in [0.2, 0.25) is 0 Å². The first-order valence-electron chi connectivity index (χ1n) is 6.21. The van der Waals surface area contributed by atoms with Gasteiger partial charge in [0.05, 0.1) is 6.54 Å². The number of aliphatic carboxylic acids is 1. The molecule has 1 rings (SSSR count). The topological polar surface area (TPSA) is 66.8 Å². The van der Waals surface area contributed by atoms with Crippen molar-refractivity contribution < 1.29 is 19.4 Å². The van der Waals surface area contributed by atoms with E-state index in [1.54, 1.807) is 0 Å². The van der Waals surface area contributed by atoms with Gasteiger partial charge in [0, 0.05) is 30.8 Å². The Morgan fingerprint density at radius 2 is 1.67 bits per heavy atom. The summed E-state index contributed by atoms with van der Waals surface area (Å²) in [5.41, 5.74) is -0.611. The smallest absolute Gasteiger partial charge is 0.317 e.